The molecule has 0 aliphatic carbocycles. The van der Waals surface area contributed by atoms with Crippen molar-refractivity contribution in [1.29, 1.82) is 0 Å². The largest absolute Gasteiger partial charge is 0.462 e. The first-order valence-electron chi connectivity index (χ1n) is 28.2. The van der Waals surface area contributed by atoms with Crippen LogP contribution in [-0.4, -0.2) is 37.2 Å². The molecule has 6 nitrogen and oxygen atoms in total. The third-order valence-corrected chi connectivity index (χ3v) is 11.4. The molecule has 0 radical (unpaired) electrons. The minimum absolute atomic E-state index is 0.0940. The van der Waals surface area contributed by atoms with Gasteiger partial charge in [-0.2, -0.15) is 0 Å². The predicted octanol–water partition coefficient (Wildman–Crippen LogP) is 19.0. The summed E-state index contributed by atoms with van der Waals surface area (Å²) < 4.78 is 16.6. The van der Waals surface area contributed by atoms with Gasteiger partial charge in [0.2, 0.25) is 0 Å². The molecule has 0 fully saturated rings. The molecule has 0 saturated heterocycles. The molecule has 1 unspecified atom stereocenters. The van der Waals surface area contributed by atoms with E-state index in [0.717, 1.165) is 173 Å². The molecule has 1 atom stereocenters. The van der Waals surface area contributed by atoms with E-state index < -0.39 is 6.10 Å². The molecule has 0 heterocycles. The van der Waals surface area contributed by atoms with Gasteiger partial charge >= 0.3 is 17.9 Å². The molecule has 0 saturated carbocycles. The zero-order valence-electron chi connectivity index (χ0n) is 45.0. The van der Waals surface area contributed by atoms with Crippen LogP contribution in [0, 0.1) is 0 Å². The Labute approximate surface area is 430 Å². The molecule has 394 valence electrons. The monoisotopic (exact) mass is 967 g/mol. The van der Waals surface area contributed by atoms with Crippen LogP contribution in [0.3, 0.4) is 0 Å². The predicted molar refractivity (Wildman–Crippen MR) is 302 cm³/mol. The Balaban J connectivity index is 4.14. The van der Waals surface area contributed by atoms with E-state index in [2.05, 4.69) is 154 Å². The van der Waals surface area contributed by atoms with Crippen LogP contribution in [-0.2, 0) is 28.6 Å². The Hall–Kier alpha value is -4.45. The first-order valence-corrected chi connectivity index (χ1v) is 28.2. The molecule has 0 aliphatic heterocycles. The smallest absolute Gasteiger partial charge is 0.306 e. The third kappa shape index (κ3) is 54.5. The highest BCUT2D eigenvalue weighted by atomic mass is 16.6. The summed E-state index contributed by atoms with van der Waals surface area (Å²) in [4.78, 5) is 37.7. The fourth-order valence-corrected chi connectivity index (χ4v) is 7.16. The lowest BCUT2D eigenvalue weighted by Gasteiger charge is -2.18. The van der Waals surface area contributed by atoms with Crippen LogP contribution in [0.4, 0.5) is 0 Å². The fraction of sp³-hybridized carbons (Fsp3) is 0.609. The summed E-state index contributed by atoms with van der Waals surface area (Å²) >= 11 is 0. The van der Waals surface area contributed by atoms with Crippen molar-refractivity contribution in [3.05, 3.63) is 134 Å². The molecular formula is C64H102O6. The zero-order valence-corrected chi connectivity index (χ0v) is 45.0. The first kappa shape index (κ1) is 65.5. The normalized spacial score (nSPS) is 13.1. The van der Waals surface area contributed by atoms with E-state index in [4.69, 9.17) is 14.2 Å². The van der Waals surface area contributed by atoms with Crippen LogP contribution in [0.15, 0.2) is 134 Å². The number of esters is 3. The van der Waals surface area contributed by atoms with Crippen molar-refractivity contribution >= 4 is 17.9 Å². The molecule has 0 amide bonds. The van der Waals surface area contributed by atoms with Gasteiger partial charge in [0.25, 0.3) is 0 Å². The van der Waals surface area contributed by atoms with Gasteiger partial charge in [0, 0.05) is 19.3 Å². The van der Waals surface area contributed by atoms with E-state index in [-0.39, 0.29) is 31.1 Å². The van der Waals surface area contributed by atoms with Gasteiger partial charge in [-0.05, 0) is 116 Å². The van der Waals surface area contributed by atoms with Crippen molar-refractivity contribution in [2.75, 3.05) is 13.2 Å². The number of rotatable bonds is 49. The summed E-state index contributed by atoms with van der Waals surface area (Å²) in [7, 11) is 0. The van der Waals surface area contributed by atoms with Crippen LogP contribution in [0.25, 0.3) is 0 Å². The van der Waals surface area contributed by atoms with Gasteiger partial charge in [-0.15, -0.1) is 0 Å². The highest BCUT2D eigenvalue weighted by Gasteiger charge is 2.19. The lowest BCUT2D eigenvalue weighted by atomic mass is 10.1. The molecule has 70 heavy (non-hydrogen) atoms. The molecule has 0 aliphatic rings. The highest BCUT2D eigenvalue weighted by Crippen LogP contribution is 2.13. The SMILES string of the molecule is CC/C=C\C/C=C\C/C=C\C/C=C\C/C=C\C/C=C\C/C=C\C/C=C\C/C=C\CCCCCCCC(=O)OCC(COC(=O)CCCCCCC)OC(=O)CCCCCCC/C=C\C/C=C\CCCC. The molecule has 0 aromatic carbocycles. The average Bonchev–Trinajstić information content (AvgIpc) is 3.36. The Kier molecular flexibility index (Phi) is 53.5. The number of carbonyl (C=O) groups is 3. The van der Waals surface area contributed by atoms with Crippen LogP contribution in [0.5, 0.6) is 0 Å². The number of unbranched alkanes of at least 4 members (excludes halogenated alkanes) is 16. The van der Waals surface area contributed by atoms with Crippen molar-refractivity contribution in [2.24, 2.45) is 0 Å². The molecule has 0 aromatic rings. The number of allylic oxidation sites excluding steroid dienone is 22. The van der Waals surface area contributed by atoms with Crippen molar-refractivity contribution in [1.82, 2.24) is 0 Å². The van der Waals surface area contributed by atoms with Crippen LogP contribution < -0.4 is 0 Å². The van der Waals surface area contributed by atoms with Crippen molar-refractivity contribution in [2.45, 2.75) is 239 Å². The van der Waals surface area contributed by atoms with Crippen molar-refractivity contribution < 1.29 is 28.6 Å². The Bertz CT molecular complexity index is 1530. The topological polar surface area (TPSA) is 78.9 Å². The quantitative estimate of drug-likeness (QED) is 0.0262. The number of ether oxygens (including phenoxy) is 3. The fourth-order valence-electron chi connectivity index (χ4n) is 7.16. The van der Waals surface area contributed by atoms with Gasteiger partial charge in [0.15, 0.2) is 6.10 Å². The maximum absolute atomic E-state index is 12.7. The minimum Gasteiger partial charge on any atom is -0.462 e. The van der Waals surface area contributed by atoms with Gasteiger partial charge in [0.1, 0.15) is 13.2 Å². The van der Waals surface area contributed by atoms with Crippen molar-refractivity contribution in [3.63, 3.8) is 0 Å². The van der Waals surface area contributed by atoms with E-state index >= 15 is 0 Å². The lowest BCUT2D eigenvalue weighted by Crippen LogP contribution is -2.30. The van der Waals surface area contributed by atoms with Gasteiger partial charge in [-0.25, -0.2) is 0 Å². The van der Waals surface area contributed by atoms with Crippen molar-refractivity contribution in [3.8, 4) is 0 Å². The van der Waals surface area contributed by atoms with Gasteiger partial charge in [-0.1, -0.05) is 231 Å². The molecule has 0 spiro atoms. The molecule has 6 heteroatoms. The number of hydrogen-bond acceptors (Lipinski definition) is 6. The molecule has 0 N–H and O–H groups in total. The number of hydrogen-bond donors (Lipinski definition) is 0. The van der Waals surface area contributed by atoms with Crippen LogP contribution >= 0.6 is 0 Å². The number of carbonyl (C=O) groups excluding carboxylic acids is 3. The second-order valence-electron chi connectivity index (χ2n) is 18.1. The summed E-state index contributed by atoms with van der Waals surface area (Å²) in [5, 5.41) is 0. The summed E-state index contributed by atoms with van der Waals surface area (Å²) in [6, 6.07) is 0. The van der Waals surface area contributed by atoms with Crippen LogP contribution in [0.2, 0.25) is 0 Å². The summed E-state index contributed by atoms with van der Waals surface area (Å²) in [6.45, 7) is 6.35. The molecule has 0 rings (SSSR count). The molecular weight excluding hydrogens is 865 g/mol. The van der Waals surface area contributed by atoms with Gasteiger partial charge < -0.3 is 14.2 Å². The van der Waals surface area contributed by atoms with E-state index in [1.807, 2.05) is 0 Å². The Morgan fingerprint density at radius 3 is 0.914 bits per heavy atom. The van der Waals surface area contributed by atoms with E-state index in [1.54, 1.807) is 0 Å². The van der Waals surface area contributed by atoms with Crippen LogP contribution in [0.1, 0.15) is 233 Å². The third-order valence-electron chi connectivity index (χ3n) is 11.4. The van der Waals surface area contributed by atoms with E-state index in [1.165, 1.54) is 19.3 Å². The first-order chi connectivity index (χ1) is 34.5. The average molecular weight is 968 g/mol. The maximum Gasteiger partial charge on any atom is 0.306 e. The Morgan fingerprint density at radius 2 is 0.571 bits per heavy atom. The molecule has 0 aromatic heterocycles. The van der Waals surface area contributed by atoms with E-state index in [0.29, 0.717) is 19.3 Å². The Morgan fingerprint density at radius 1 is 0.300 bits per heavy atom. The second-order valence-corrected chi connectivity index (χ2v) is 18.1. The minimum atomic E-state index is -0.793. The highest BCUT2D eigenvalue weighted by molar-refractivity contribution is 5.71. The summed E-state index contributed by atoms with van der Waals surface area (Å²) in [5.74, 6) is -0.950. The maximum atomic E-state index is 12.7. The zero-order chi connectivity index (χ0) is 50.7. The summed E-state index contributed by atoms with van der Waals surface area (Å²) in [6.07, 6.45) is 80.6. The lowest BCUT2D eigenvalue weighted by molar-refractivity contribution is -0.167. The van der Waals surface area contributed by atoms with E-state index in [9.17, 15) is 14.4 Å². The van der Waals surface area contributed by atoms with Gasteiger partial charge in [-0.3, -0.25) is 14.4 Å². The second kappa shape index (κ2) is 57.1. The summed E-state index contributed by atoms with van der Waals surface area (Å²) in [5.41, 5.74) is 0. The van der Waals surface area contributed by atoms with Gasteiger partial charge in [0.05, 0.1) is 0 Å². The standard InChI is InChI=1S/C64H102O6/c1-4-7-10-13-15-17-19-21-23-24-25-26-27-28-29-30-31-32-33-34-35-36-37-38-39-40-41-43-44-46-48-51-54-57-63(66)69-60-61(59-68-62(65)56-53-50-12-9-6-3)70-64(67)58-55-52-49-47-45-42-22-20-18-16-14-11-8-5-2/h7,10,14-17,20-23,25-26,28-29,31-32,34-35,37-38,40-41,61H,4-6,8-9,11-13,18-19,24,27,30,33,36,39,42-60H2,1-3H3/b10-7-,16-14-,17-15-,22-20-,23-21-,26-25-,29-28-,32-31-,35-34-,38-37-,41-40-. The molecule has 0 bridgehead atoms.